The van der Waals surface area contributed by atoms with E-state index in [0.29, 0.717) is 17.3 Å². The van der Waals surface area contributed by atoms with Crippen molar-refractivity contribution in [2.45, 2.75) is 46.1 Å². The van der Waals surface area contributed by atoms with Crippen molar-refractivity contribution in [1.29, 1.82) is 0 Å². The van der Waals surface area contributed by atoms with Gasteiger partial charge in [0.1, 0.15) is 11.4 Å². The third-order valence-electron chi connectivity index (χ3n) is 6.76. The number of fused-ring (bicyclic) bond motifs is 2. The Balaban J connectivity index is 1.66. The quantitative estimate of drug-likeness (QED) is 0.497. The van der Waals surface area contributed by atoms with Crippen molar-refractivity contribution in [3.63, 3.8) is 0 Å². The molecule has 2 aromatic rings. The second-order valence-corrected chi connectivity index (χ2v) is 11.4. The number of carbonyl (C=O) groups excluding carboxylic acids is 2. The number of ether oxygens (including phenoxy) is 1. The van der Waals surface area contributed by atoms with Gasteiger partial charge in [-0.1, -0.05) is 56.1 Å². The molecule has 7 heteroatoms. The van der Waals surface area contributed by atoms with E-state index < -0.39 is 5.91 Å². The minimum atomic E-state index is -0.455. The van der Waals surface area contributed by atoms with E-state index in [1.54, 1.807) is 25.3 Å². The van der Waals surface area contributed by atoms with Crippen molar-refractivity contribution in [3.05, 3.63) is 69.3 Å². The molecule has 5 nitrogen and oxygen atoms in total. The molecule has 4 rings (SSSR count). The summed E-state index contributed by atoms with van der Waals surface area (Å²) in [5, 5.41) is 3.50. The van der Waals surface area contributed by atoms with Crippen LogP contribution in [0.1, 0.15) is 56.0 Å². The highest BCUT2D eigenvalue weighted by Gasteiger charge is 2.51. The summed E-state index contributed by atoms with van der Waals surface area (Å²) in [5.41, 5.74) is 1.51. The van der Waals surface area contributed by atoms with Crippen LogP contribution in [0.25, 0.3) is 6.08 Å². The van der Waals surface area contributed by atoms with Crippen molar-refractivity contribution < 1.29 is 14.3 Å². The lowest BCUT2D eigenvalue weighted by Crippen LogP contribution is -2.42. The fourth-order valence-electron chi connectivity index (χ4n) is 5.73. The first-order chi connectivity index (χ1) is 16.0. The van der Waals surface area contributed by atoms with Gasteiger partial charge in [-0.3, -0.25) is 9.59 Å². The number of likely N-dealkylation sites (tertiary alicyclic amines) is 1. The summed E-state index contributed by atoms with van der Waals surface area (Å²) in [7, 11) is 1.60. The number of nitrogens with zero attached hydrogens (tertiary/aromatic N) is 1. The second kappa shape index (κ2) is 9.27. The maximum Gasteiger partial charge on any atom is 0.270 e. The molecule has 0 aromatic heterocycles. The molecule has 2 bridgehead atoms. The summed E-state index contributed by atoms with van der Waals surface area (Å²) >= 11 is 12.2. The first kappa shape index (κ1) is 24.6. The number of amides is 2. The normalized spacial score (nSPS) is 23.5. The summed E-state index contributed by atoms with van der Waals surface area (Å²) in [4.78, 5) is 28.9. The van der Waals surface area contributed by atoms with Crippen LogP contribution in [0.15, 0.2) is 48.2 Å². The van der Waals surface area contributed by atoms with Crippen LogP contribution in [0.2, 0.25) is 10.0 Å². The highest BCUT2D eigenvalue weighted by Crippen LogP contribution is 2.52. The predicted molar refractivity (Wildman–Crippen MR) is 136 cm³/mol. The van der Waals surface area contributed by atoms with E-state index in [1.807, 2.05) is 29.2 Å². The minimum absolute atomic E-state index is 0.0802. The number of nitrogens with one attached hydrogen (secondary N) is 1. The standard InChI is InChI=1S/C27H30Cl2N2O3/c1-26(2)13-19-14-27(3,15-26)16-31(19)25(33)23(11-17-5-8-20(34-4)9-6-17)30-24(32)21-10-7-18(28)12-22(21)29/h5-12,19H,13-16H2,1-4H3,(H,30,32)/t19-,27-/m0/s1. The molecule has 2 aliphatic rings. The van der Waals surface area contributed by atoms with Gasteiger partial charge in [-0.2, -0.15) is 0 Å². The Hall–Kier alpha value is -2.50. The number of halogens is 2. The number of carbonyl (C=O) groups is 2. The van der Waals surface area contributed by atoms with Gasteiger partial charge >= 0.3 is 0 Å². The van der Waals surface area contributed by atoms with Crippen LogP contribution >= 0.6 is 23.2 Å². The lowest BCUT2D eigenvalue weighted by Gasteiger charge is -2.39. The van der Waals surface area contributed by atoms with Crippen LogP contribution in [-0.4, -0.2) is 36.4 Å². The van der Waals surface area contributed by atoms with Crippen molar-refractivity contribution in [3.8, 4) is 5.75 Å². The van der Waals surface area contributed by atoms with Crippen molar-refractivity contribution >= 4 is 41.1 Å². The zero-order chi connectivity index (χ0) is 24.7. The third-order valence-corrected chi connectivity index (χ3v) is 7.30. The molecule has 34 heavy (non-hydrogen) atoms. The van der Waals surface area contributed by atoms with E-state index in [4.69, 9.17) is 27.9 Å². The Morgan fingerprint density at radius 3 is 2.44 bits per heavy atom. The fraction of sp³-hybridized carbons (Fsp3) is 0.407. The summed E-state index contributed by atoms with van der Waals surface area (Å²) in [5.74, 6) is 0.0784. The van der Waals surface area contributed by atoms with E-state index in [9.17, 15) is 9.59 Å². The summed E-state index contributed by atoms with van der Waals surface area (Å²) in [6, 6.07) is 12.2. The molecule has 1 aliphatic heterocycles. The molecule has 2 atom stereocenters. The number of rotatable bonds is 5. The van der Waals surface area contributed by atoms with Crippen LogP contribution in [0, 0.1) is 10.8 Å². The Labute approximate surface area is 211 Å². The molecule has 2 amide bonds. The van der Waals surface area contributed by atoms with Crippen LogP contribution in [0.5, 0.6) is 5.75 Å². The zero-order valence-electron chi connectivity index (χ0n) is 20.0. The molecule has 1 N–H and O–H groups in total. The fourth-order valence-corrected chi connectivity index (χ4v) is 6.23. The van der Waals surface area contributed by atoms with Gasteiger partial charge in [-0.15, -0.1) is 0 Å². The van der Waals surface area contributed by atoms with Crippen molar-refractivity contribution in [1.82, 2.24) is 10.2 Å². The maximum absolute atomic E-state index is 13.8. The summed E-state index contributed by atoms with van der Waals surface area (Å²) in [6.45, 7) is 7.47. The number of benzene rings is 2. The molecule has 0 unspecified atom stereocenters. The first-order valence-electron chi connectivity index (χ1n) is 11.4. The van der Waals surface area contributed by atoms with Gasteiger partial charge in [0, 0.05) is 17.6 Å². The maximum atomic E-state index is 13.8. The van der Waals surface area contributed by atoms with Crippen LogP contribution in [-0.2, 0) is 4.79 Å². The van der Waals surface area contributed by atoms with E-state index in [-0.39, 0.29) is 39.1 Å². The predicted octanol–water partition coefficient (Wildman–Crippen LogP) is 6.20. The van der Waals surface area contributed by atoms with E-state index >= 15 is 0 Å². The average Bonchev–Trinajstić information content (AvgIpc) is 3.01. The summed E-state index contributed by atoms with van der Waals surface area (Å²) in [6.07, 6.45) is 4.71. The van der Waals surface area contributed by atoms with Crippen LogP contribution < -0.4 is 10.1 Å². The lowest BCUT2D eigenvalue weighted by atomic mass is 9.65. The van der Waals surface area contributed by atoms with Gasteiger partial charge in [0.2, 0.25) is 0 Å². The third kappa shape index (κ3) is 5.26. The van der Waals surface area contributed by atoms with Gasteiger partial charge in [-0.25, -0.2) is 0 Å². The molecule has 2 fully saturated rings. The molecule has 1 heterocycles. The van der Waals surface area contributed by atoms with E-state index in [1.165, 1.54) is 6.07 Å². The highest BCUT2D eigenvalue weighted by atomic mass is 35.5. The molecular formula is C27H30Cl2N2O3. The molecule has 1 saturated heterocycles. The second-order valence-electron chi connectivity index (χ2n) is 10.6. The topological polar surface area (TPSA) is 58.6 Å². The van der Waals surface area contributed by atoms with Gasteiger partial charge < -0.3 is 15.0 Å². The molecule has 0 radical (unpaired) electrons. The van der Waals surface area contributed by atoms with Gasteiger partial charge in [0.25, 0.3) is 11.8 Å². The molecular weight excluding hydrogens is 471 g/mol. The molecule has 0 spiro atoms. The van der Waals surface area contributed by atoms with Crippen molar-refractivity contribution in [2.24, 2.45) is 10.8 Å². The Morgan fingerprint density at radius 2 is 1.79 bits per heavy atom. The van der Waals surface area contributed by atoms with E-state index in [2.05, 4.69) is 26.1 Å². The first-order valence-corrected chi connectivity index (χ1v) is 12.2. The van der Waals surface area contributed by atoms with Crippen LogP contribution in [0.3, 0.4) is 0 Å². The largest absolute Gasteiger partial charge is 0.497 e. The number of hydrogen-bond donors (Lipinski definition) is 1. The number of hydrogen-bond acceptors (Lipinski definition) is 3. The van der Waals surface area contributed by atoms with Gasteiger partial charge in [0.05, 0.1) is 17.7 Å². The Morgan fingerprint density at radius 1 is 1.09 bits per heavy atom. The number of methoxy groups -OCH3 is 1. The lowest BCUT2D eigenvalue weighted by molar-refractivity contribution is -0.128. The average molecular weight is 501 g/mol. The minimum Gasteiger partial charge on any atom is -0.497 e. The smallest absolute Gasteiger partial charge is 0.270 e. The van der Waals surface area contributed by atoms with Gasteiger partial charge in [0.15, 0.2) is 0 Å². The molecule has 1 saturated carbocycles. The monoisotopic (exact) mass is 500 g/mol. The van der Waals surface area contributed by atoms with Gasteiger partial charge in [-0.05, 0) is 72.1 Å². The molecule has 1 aliphatic carbocycles. The van der Waals surface area contributed by atoms with E-state index in [0.717, 1.165) is 24.8 Å². The molecule has 2 aromatic carbocycles. The zero-order valence-corrected chi connectivity index (χ0v) is 21.5. The Bertz CT molecular complexity index is 1140. The SMILES string of the molecule is COc1ccc(C=C(NC(=O)c2ccc(Cl)cc2Cl)C(=O)N2C[C@@]3(C)C[C@@H]2CC(C)(C)C3)cc1. The van der Waals surface area contributed by atoms with Crippen molar-refractivity contribution in [2.75, 3.05) is 13.7 Å². The highest BCUT2D eigenvalue weighted by molar-refractivity contribution is 6.36. The van der Waals surface area contributed by atoms with Crippen LogP contribution in [0.4, 0.5) is 0 Å². The molecule has 180 valence electrons. The summed E-state index contributed by atoms with van der Waals surface area (Å²) < 4.78 is 5.23. The Kier molecular flexibility index (Phi) is 6.71.